The number of carbonyl (C=O) groups excluding carboxylic acids is 1. The lowest BCUT2D eigenvalue weighted by Gasteiger charge is -2.11. The fourth-order valence-corrected chi connectivity index (χ4v) is 3.07. The second kappa shape index (κ2) is 7.99. The van der Waals surface area contributed by atoms with Gasteiger partial charge in [0, 0.05) is 24.4 Å². The first kappa shape index (κ1) is 17.9. The summed E-state index contributed by atoms with van der Waals surface area (Å²) in [6, 6.07) is 7.22. The third-order valence-corrected chi connectivity index (χ3v) is 4.53. The molecule has 1 aromatic heterocycles. The van der Waals surface area contributed by atoms with E-state index < -0.39 is 5.97 Å². The van der Waals surface area contributed by atoms with Gasteiger partial charge in [-0.1, -0.05) is 5.16 Å². The number of carboxylic acid groups (broad SMARTS) is 1. The number of rotatable bonds is 7. The molecule has 0 aliphatic heterocycles. The Morgan fingerprint density at radius 1 is 1.31 bits per heavy atom. The van der Waals surface area contributed by atoms with Crippen LogP contribution < -0.4 is 10.1 Å². The van der Waals surface area contributed by atoms with Crippen molar-refractivity contribution in [3.63, 3.8) is 0 Å². The van der Waals surface area contributed by atoms with Crippen LogP contribution in [0.4, 0.5) is 0 Å². The summed E-state index contributed by atoms with van der Waals surface area (Å²) in [6.45, 7) is 0. The topological polar surface area (TPSA) is 115 Å². The minimum atomic E-state index is -0.793. The van der Waals surface area contributed by atoms with E-state index in [4.69, 9.17) is 14.4 Å². The summed E-state index contributed by atoms with van der Waals surface area (Å²) in [4.78, 5) is 27.3. The molecule has 0 radical (unpaired) electrons. The summed E-state index contributed by atoms with van der Waals surface area (Å²) in [5.41, 5.74) is 0.802. The molecule has 2 atom stereocenters. The monoisotopic (exact) mass is 359 g/mol. The molecule has 0 unspecified atom stereocenters. The van der Waals surface area contributed by atoms with Crippen LogP contribution in [-0.4, -0.2) is 40.3 Å². The van der Waals surface area contributed by atoms with Crippen molar-refractivity contribution in [1.82, 2.24) is 15.5 Å². The van der Waals surface area contributed by atoms with Gasteiger partial charge in [0.15, 0.2) is 0 Å². The van der Waals surface area contributed by atoms with Gasteiger partial charge in [-0.2, -0.15) is 4.98 Å². The van der Waals surface area contributed by atoms with Gasteiger partial charge < -0.3 is 19.7 Å². The molecular formula is C18H21N3O5. The second-order valence-corrected chi connectivity index (χ2v) is 6.35. The van der Waals surface area contributed by atoms with Gasteiger partial charge >= 0.3 is 5.97 Å². The van der Waals surface area contributed by atoms with Crippen molar-refractivity contribution in [2.24, 2.45) is 5.92 Å². The molecule has 1 fully saturated rings. The molecule has 3 rings (SSSR count). The van der Waals surface area contributed by atoms with Crippen LogP contribution in [0.3, 0.4) is 0 Å². The quantitative estimate of drug-likeness (QED) is 0.777. The molecule has 1 aliphatic carbocycles. The lowest BCUT2D eigenvalue weighted by molar-refractivity contribution is -0.141. The number of benzene rings is 1. The van der Waals surface area contributed by atoms with Crippen LogP contribution in [-0.2, 0) is 16.0 Å². The molecule has 1 saturated carbocycles. The van der Waals surface area contributed by atoms with Crippen LogP contribution in [0.1, 0.15) is 31.6 Å². The number of nitrogens with zero attached hydrogens (tertiary/aromatic N) is 2. The highest BCUT2D eigenvalue weighted by molar-refractivity contribution is 5.77. The Morgan fingerprint density at radius 2 is 2.08 bits per heavy atom. The summed E-state index contributed by atoms with van der Waals surface area (Å²) in [5, 5.41) is 15.8. The fourth-order valence-electron chi connectivity index (χ4n) is 3.07. The average Bonchev–Trinajstić information content (AvgIpc) is 3.29. The number of aliphatic carboxylic acids is 1. The van der Waals surface area contributed by atoms with Crippen LogP contribution in [0.5, 0.6) is 5.75 Å². The van der Waals surface area contributed by atoms with Crippen molar-refractivity contribution < 1.29 is 24.0 Å². The van der Waals surface area contributed by atoms with Gasteiger partial charge in [0.2, 0.25) is 17.6 Å². The molecule has 1 amide bonds. The molecule has 2 aromatic rings. The van der Waals surface area contributed by atoms with Crippen LogP contribution in [0.15, 0.2) is 28.8 Å². The van der Waals surface area contributed by atoms with E-state index in [1.807, 2.05) is 24.3 Å². The Bertz CT molecular complexity index is 771. The molecule has 8 heteroatoms. The summed E-state index contributed by atoms with van der Waals surface area (Å²) < 4.78 is 10.3. The Morgan fingerprint density at radius 3 is 2.73 bits per heavy atom. The van der Waals surface area contributed by atoms with E-state index in [9.17, 15) is 9.59 Å². The molecule has 2 N–H and O–H groups in total. The maximum Gasteiger partial charge on any atom is 0.306 e. The minimum absolute atomic E-state index is 0.0684. The standard InChI is InChI=1S/C18H21N3O5/c1-25-14-6-3-11(4-7-14)17-20-16(26-21-17)9-8-15(22)19-13-5-2-12(10-13)18(23)24/h3-4,6-7,12-13H,2,5,8-10H2,1H3,(H,19,22)(H,23,24)/t12-,13+/m0/s1. The number of aryl methyl sites for hydroxylation is 1. The van der Waals surface area contributed by atoms with Gasteiger partial charge in [-0.25, -0.2) is 0 Å². The van der Waals surface area contributed by atoms with E-state index in [-0.39, 0.29) is 24.3 Å². The van der Waals surface area contributed by atoms with E-state index in [2.05, 4.69) is 15.5 Å². The van der Waals surface area contributed by atoms with E-state index in [1.54, 1.807) is 7.11 Å². The Labute approximate surface area is 150 Å². The predicted molar refractivity (Wildman–Crippen MR) is 91.5 cm³/mol. The first-order chi connectivity index (χ1) is 12.5. The molecule has 0 saturated heterocycles. The van der Waals surface area contributed by atoms with Gasteiger partial charge in [-0.15, -0.1) is 0 Å². The fraction of sp³-hybridized carbons (Fsp3) is 0.444. The zero-order valence-electron chi connectivity index (χ0n) is 14.5. The third-order valence-electron chi connectivity index (χ3n) is 4.53. The Hall–Kier alpha value is -2.90. The maximum absolute atomic E-state index is 12.0. The van der Waals surface area contributed by atoms with E-state index in [1.165, 1.54) is 0 Å². The number of ether oxygens (including phenoxy) is 1. The van der Waals surface area contributed by atoms with Crippen molar-refractivity contribution in [3.05, 3.63) is 30.2 Å². The molecule has 1 heterocycles. The normalized spacial score (nSPS) is 19.3. The number of carbonyl (C=O) groups is 2. The number of carboxylic acids is 1. The number of aromatic nitrogens is 2. The van der Waals surface area contributed by atoms with Crippen LogP contribution in [0.2, 0.25) is 0 Å². The lowest BCUT2D eigenvalue weighted by atomic mass is 10.1. The second-order valence-electron chi connectivity index (χ2n) is 6.35. The molecule has 0 spiro atoms. The predicted octanol–water partition coefficient (Wildman–Crippen LogP) is 2.05. The first-order valence-corrected chi connectivity index (χ1v) is 8.54. The van der Waals surface area contributed by atoms with Crippen molar-refractivity contribution in [2.75, 3.05) is 7.11 Å². The third kappa shape index (κ3) is 4.38. The van der Waals surface area contributed by atoms with Gasteiger partial charge in [-0.3, -0.25) is 9.59 Å². The molecular weight excluding hydrogens is 338 g/mol. The first-order valence-electron chi connectivity index (χ1n) is 8.54. The molecule has 138 valence electrons. The molecule has 1 aromatic carbocycles. The molecule has 8 nitrogen and oxygen atoms in total. The SMILES string of the molecule is COc1ccc(-c2noc(CCC(=O)N[C@@H]3CC[C@H](C(=O)O)C3)n2)cc1. The molecule has 1 aliphatic rings. The zero-order chi connectivity index (χ0) is 18.5. The number of amides is 1. The zero-order valence-corrected chi connectivity index (χ0v) is 14.5. The van der Waals surface area contributed by atoms with Crippen molar-refractivity contribution in [3.8, 4) is 17.1 Å². The number of nitrogens with one attached hydrogen (secondary N) is 1. The highest BCUT2D eigenvalue weighted by Crippen LogP contribution is 2.25. The van der Waals surface area contributed by atoms with E-state index >= 15 is 0 Å². The highest BCUT2D eigenvalue weighted by Gasteiger charge is 2.30. The average molecular weight is 359 g/mol. The summed E-state index contributed by atoms with van der Waals surface area (Å²) in [5.74, 6) is 0.308. The number of hydrogen-bond donors (Lipinski definition) is 2. The largest absolute Gasteiger partial charge is 0.497 e. The minimum Gasteiger partial charge on any atom is -0.497 e. The van der Waals surface area contributed by atoms with Gasteiger partial charge in [-0.05, 0) is 43.5 Å². The van der Waals surface area contributed by atoms with Crippen molar-refractivity contribution in [2.45, 2.75) is 38.1 Å². The highest BCUT2D eigenvalue weighted by atomic mass is 16.5. The molecule has 0 bridgehead atoms. The number of methoxy groups -OCH3 is 1. The van der Waals surface area contributed by atoms with Gasteiger partial charge in [0.1, 0.15) is 5.75 Å². The van der Waals surface area contributed by atoms with Gasteiger partial charge in [0.25, 0.3) is 0 Å². The summed E-state index contributed by atoms with van der Waals surface area (Å²) >= 11 is 0. The lowest BCUT2D eigenvalue weighted by Crippen LogP contribution is -2.33. The Kier molecular flexibility index (Phi) is 5.50. The van der Waals surface area contributed by atoms with E-state index in [0.717, 1.165) is 11.3 Å². The molecule has 26 heavy (non-hydrogen) atoms. The van der Waals surface area contributed by atoms with Crippen molar-refractivity contribution in [1.29, 1.82) is 0 Å². The summed E-state index contributed by atoms with van der Waals surface area (Å²) in [7, 11) is 1.60. The van der Waals surface area contributed by atoms with Crippen molar-refractivity contribution >= 4 is 11.9 Å². The van der Waals surface area contributed by atoms with Crippen LogP contribution in [0, 0.1) is 5.92 Å². The smallest absolute Gasteiger partial charge is 0.306 e. The summed E-state index contributed by atoms with van der Waals surface area (Å²) in [6.07, 6.45) is 2.35. The Balaban J connectivity index is 1.48. The maximum atomic E-state index is 12.0. The van der Waals surface area contributed by atoms with Gasteiger partial charge in [0.05, 0.1) is 13.0 Å². The van der Waals surface area contributed by atoms with Crippen LogP contribution >= 0.6 is 0 Å². The number of hydrogen-bond acceptors (Lipinski definition) is 6. The van der Waals surface area contributed by atoms with Crippen LogP contribution in [0.25, 0.3) is 11.4 Å². The van der Waals surface area contributed by atoms with E-state index in [0.29, 0.717) is 37.4 Å².